The van der Waals surface area contributed by atoms with Gasteiger partial charge in [-0.25, -0.2) is 0 Å². The number of benzene rings is 3. The third kappa shape index (κ3) is 3.48. The molecule has 0 spiro atoms. The minimum absolute atomic E-state index is 0.00469. The van der Waals surface area contributed by atoms with E-state index in [-0.39, 0.29) is 24.4 Å². The van der Waals surface area contributed by atoms with Crippen LogP contribution in [0.25, 0.3) is 10.9 Å². The zero-order valence-corrected chi connectivity index (χ0v) is 19.8. The van der Waals surface area contributed by atoms with Crippen molar-refractivity contribution in [3.05, 3.63) is 101 Å². The number of rotatable bonds is 4. The van der Waals surface area contributed by atoms with E-state index in [4.69, 9.17) is 4.74 Å². The summed E-state index contributed by atoms with van der Waals surface area (Å²) in [6, 6.07) is 23.1. The number of aromatic nitrogens is 1. The minimum atomic E-state index is -0.536. The van der Waals surface area contributed by atoms with Crippen LogP contribution in [-0.4, -0.2) is 46.3 Å². The molecule has 0 unspecified atom stereocenters. The van der Waals surface area contributed by atoms with Gasteiger partial charge in [0.25, 0.3) is 0 Å². The lowest BCUT2D eigenvalue weighted by atomic mass is 9.85. The van der Waals surface area contributed by atoms with Crippen LogP contribution in [0.4, 0.5) is 0 Å². The molecular formula is C29H27N3O3. The van der Waals surface area contributed by atoms with E-state index in [9.17, 15) is 9.59 Å². The molecule has 1 N–H and O–H groups in total. The van der Waals surface area contributed by atoms with Crippen molar-refractivity contribution in [1.29, 1.82) is 0 Å². The molecule has 3 aromatic carbocycles. The maximum absolute atomic E-state index is 13.9. The Morgan fingerprint density at radius 2 is 1.71 bits per heavy atom. The number of hydrogen-bond acceptors (Lipinski definition) is 3. The highest BCUT2D eigenvalue weighted by Crippen LogP contribution is 2.43. The van der Waals surface area contributed by atoms with Crippen molar-refractivity contribution >= 4 is 22.7 Å². The van der Waals surface area contributed by atoms with E-state index in [0.717, 1.165) is 44.6 Å². The van der Waals surface area contributed by atoms with Gasteiger partial charge in [-0.1, -0.05) is 54.6 Å². The van der Waals surface area contributed by atoms with E-state index in [2.05, 4.69) is 36.2 Å². The van der Waals surface area contributed by atoms with Crippen LogP contribution in [-0.2, 0) is 22.6 Å². The first-order valence-electron chi connectivity index (χ1n) is 11.9. The lowest BCUT2D eigenvalue weighted by molar-refractivity contribution is -0.159. The van der Waals surface area contributed by atoms with Crippen molar-refractivity contribution in [2.24, 2.45) is 0 Å². The number of piperazine rings is 1. The van der Waals surface area contributed by atoms with Gasteiger partial charge < -0.3 is 19.5 Å². The Morgan fingerprint density at radius 1 is 0.971 bits per heavy atom. The van der Waals surface area contributed by atoms with Crippen LogP contribution >= 0.6 is 0 Å². The second-order valence-corrected chi connectivity index (χ2v) is 9.39. The van der Waals surface area contributed by atoms with Crippen LogP contribution in [0.3, 0.4) is 0 Å². The summed E-state index contributed by atoms with van der Waals surface area (Å²) in [4.78, 5) is 34.7. The number of nitrogens with zero attached hydrogens (tertiary/aromatic N) is 2. The number of carbonyl (C=O) groups excluding carboxylic acids is 2. The molecule has 6 rings (SSSR count). The molecule has 0 bridgehead atoms. The number of amides is 2. The first kappa shape index (κ1) is 21.5. The fourth-order valence-corrected chi connectivity index (χ4v) is 5.63. The number of carbonyl (C=O) groups is 2. The summed E-state index contributed by atoms with van der Waals surface area (Å²) in [5.74, 6) is 0.733. The van der Waals surface area contributed by atoms with E-state index in [1.807, 2.05) is 53.4 Å². The molecule has 6 nitrogen and oxygen atoms in total. The highest BCUT2D eigenvalue weighted by molar-refractivity contribution is 5.97. The predicted molar refractivity (Wildman–Crippen MR) is 134 cm³/mol. The number of nitrogens with one attached hydrogen (secondary N) is 1. The molecule has 4 aromatic rings. The molecule has 1 saturated heterocycles. The molecule has 2 aliphatic rings. The molecule has 0 aliphatic carbocycles. The van der Waals surface area contributed by atoms with Gasteiger partial charge in [-0.2, -0.15) is 0 Å². The van der Waals surface area contributed by atoms with Gasteiger partial charge in [0, 0.05) is 29.6 Å². The molecule has 0 saturated carbocycles. The van der Waals surface area contributed by atoms with Crippen molar-refractivity contribution in [2.45, 2.75) is 32.0 Å². The van der Waals surface area contributed by atoms with Gasteiger partial charge in [-0.05, 0) is 47.4 Å². The second-order valence-electron chi connectivity index (χ2n) is 9.39. The molecule has 3 heterocycles. The smallest absolute Gasteiger partial charge is 0.246 e. The number of methoxy groups -OCH3 is 1. The summed E-state index contributed by atoms with van der Waals surface area (Å²) < 4.78 is 5.25. The lowest BCUT2D eigenvalue weighted by Gasteiger charge is -2.47. The maximum Gasteiger partial charge on any atom is 0.246 e. The number of hydrogen-bond donors (Lipinski definition) is 1. The fourth-order valence-electron chi connectivity index (χ4n) is 5.63. The van der Waals surface area contributed by atoms with Crippen molar-refractivity contribution < 1.29 is 14.3 Å². The Balaban J connectivity index is 1.43. The molecule has 0 radical (unpaired) electrons. The predicted octanol–water partition coefficient (Wildman–Crippen LogP) is 4.37. The highest BCUT2D eigenvalue weighted by atomic mass is 16.5. The van der Waals surface area contributed by atoms with Crippen molar-refractivity contribution in [2.75, 3.05) is 13.7 Å². The van der Waals surface area contributed by atoms with Gasteiger partial charge >= 0.3 is 0 Å². The average Bonchev–Trinajstić information content (AvgIpc) is 3.25. The van der Waals surface area contributed by atoms with E-state index in [0.29, 0.717) is 13.0 Å². The van der Waals surface area contributed by atoms with Crippen molar-refractivity contribution in [3.8, 4) is 5.75 Å². The molecule has 2 atom stereocenters. The number of fused-ring (bicyclic) bond motifs is 4. The Morgan fingerprint density at radius 3 is 2.49 bits per heavy atom. The molecule has 2 aliphatic heterocycles. The van der Waals surface area contributed by atoms with Gasteiger partial charge in [0.1, 0.15) is 18.3 Å². The summed E-state index contributed by atoms with van der Waals surface area (Å²) in [5.41, 5.74) is 6.30. The van der Waals surface area contributed by atoms with Crippen LogP contribution < -0.4 is 4.74 Å². The summed E-state index contributed by atoms with van der Waals surface area (Å²) in [5, 5.41) is 1.12. The monoisotopic (exact) mass is 465 g/mol. The summed E-state index contributed by atoms with van der Waals surface area (Å²) in [6.07, 6.45) is 0.505. The Bertz CT molecular complexity index is 1440. The molecule has 176 valence electrons. The highest BCUT2D eigenvalue weighted by Gasteiger charge is 2.48. The Kier molecular flexibility index (Phi) is 5.10. The summed E-state index contributed by atoms with van der Waals surface area (Å²) in [6.45, 7) is 2.53. The fraction of sp³-hybridized carbons (Fsp3) is 0.241. The van der Waals surface area contributed by atoms with Gasteiger partial charge in [0.15, 0.2) is 0 Å². The van der Waals surface area contributed by atoms with E-state index in [1.54, 1.807) is 12.0 Å². The van der Waals surface area contributed by atoms with Crippen LogP contribution in [0.1, 0.15) is 34.0 Å². The zero-order valence-electron chi connectivity index (χ0n) is 19.8. The number of aryl methyl sites for hydroxylation is 1. The molecule has 1 fully saturated rings. The topological polar surface area (TPSA) is 65.6 Å². The van der Waals surface area contributed by atoms with Crippen molar-refractivity contribution in [3.63, 3.8) is 0 Å². The lowest BCUT2D eigenvalue weighted by Crippen LogP contribution is -2.62. The Labute approximate surface area is 204 Å². The Hall–Kier alpha value is -4.06. The van der Waals surface area contributed by atoms with Crippen LogP contribution in [0.2, 0.25) is 0 Å². The standard InChI is InChI=1S/C29H27N3O3/c1-18-7-3-4-8-21(18)28-27-23(22-9-5-6-10-24(22)30-27)15-25-29(34)31(17-26(33)32(25)28)16-19-11-13-20(35-2)14-12-19/h3-14,25,28,30H,15-17H2,1-2H3/t25-,28+/m0/s1. The second kappa shape index (κ2) is 8.31. The third-order valence-corrected chi connectivity index (χ3v) is 7.36. The van der Waals surface area contributed by atoms with E-state index < -0.39 is 6.04 Å². The van der Waals surface area contributed by atoms with Gasteiger partial charge in [0.2, 0.25) is 11.8 Å². The largest absolute Gasteiger partial charge is 0.497 e. The van der Waals surface area contributed by atoms with Crippen LogP contribution in [0.15, 0.2) is 72.8 Å². The maximum atomic E-state index is 13.9. The van der Waals surface area contributed by atoms with E-state index in [1.165, 1.54) is 0 Å². The van der Waals surface area contributed by atoms with E-state index >= 15 is 0 Å². The molecule has 6 heteroatoms. The number of para-hydroxylation sites is 1. The quantitative estimate of drug-likeness (QED) is 0.487. The minimum Gasteiger partial charge on any atom is -0.497 e. The first-order valence-corrected chi connectivity index (χ1v) is 11.9. The summed E-state index contributed by atoms with van der Waals surface area (Å²) >= 11 is 0. The first-order chi connectivity index (χ1) is 17.0. The van der Waals surface area contributed by atoms with Gasteiger partial charge in [0.05, 0.1) is 13.2 Å². The van der Waals surface area contributed by atoms with Crippen LogP contribution in [0.5, 0.6) is 5.75 Å². The van der Waals surface area contributed by atoms with Crippen molar-refractivity contribution in [1.82, 2.24) is 14.8 Å². The molecular weight excluding hydrogens is 438 g/mol. The molecule has 2 amide bonds. The summed E-state index contributed by atoms with van der Waals surface area (Å²) in [7, 11) is 1.63. The normalized spacial score (nSPS) is 19.6. The molecule has 35 heavy (non-hydrogen) atoms. The van der Waals surface area contributed by atoms with Gasteiger partial charge in [-0.3, -0.25) is 9.59 Å². The van der Waals surface area contributed by atoms with Crippen LogP contribution in [0, 0.1) is 6.92 Å². The zero-order chi connectivity index (χ0) is 24.1. The average molecular weight is 466 g/mol. The third-order valence-electron chi connectivity index (χ3n) is 7.36. The number of H-pyrrole nitrogens is 1. The number of ether oxygens (including phenoxy) is 1. The molecule has 1 aromatic heterocycles. The number of aromatic amines is 1. The van der Waals surface area contributed by atoms with Gasteiger partial charge in [-0.15, -0.1) is 0 Å². The SMILES string of the molecule is COc1ccc(CN2CC(=O)N3[C@H](c4ccccc4C)c4[nH]c5ccccc5c4C[C@H]3C2=O)cc1.